The number of piperidine rings is 1. The van der Waals surface area contributed by atoms with E-state index in [1.165, 1.54) is 57.8 Å². The highest BCUT2D eigenvalue weighted by atomic mass is 15.0. The molecular weight excluding hydrogens is 194 g/mol. The molecule has 4 unspecified atom stereocenters. The molecule has 2 aliphatic rings. The molecule has 0 aromatic rings. The van der Waals surface area contributed by atoms with Gasteiger partial charge in [0.25, 0.3) is 0 Å². The minimum atomic E-state index is 0.839. The third-order valence-electron chi connectivity index (χ3n) is 4.81. The summed E-state index contributed by atoms with van der Waals surface area (Å²) >= 11 is 0. The van der Waals surface area contributed by atoms with E-state index in [0.29, 0.717) is 0 Å². The van der Waals surface area contributed by atoms with Crippen LogP contribution in [-0.4, -0.2) is 12.1 Å². The van der Waals surface area contributed by atoms with Crippen LogP contribution in [0.5, 0.6) is 0 Å². The third kappa shape index (κ3) is 2.80. The van der Waals surface area contributed by atoms with Crippen molar-refractivity contribution < 1.29 is 0 Å². The topological polar surface area (TPSA) is 12.0 Å². The molecule has 1 heterocycles. The first kappa shape index (κ1) is 12.4. The maximum Gasteiger partial charge on any atom is 0.0101 e. The van der Waals surface area contributed by atoms with Gasteiger partial charge in [0, 0.05) is 12.1 Å². The molecule has 1 heteroatoms. The number of rotatable bonds is 4. The average molecular weight is 223 g/mol. The first-order chi connectivity index (χ1) is 7.85. The van der Waals surface area contributed by atoms with E-state index < -0.39 is 0 Å². The van der Waals surface area contributed by atoms with Crippen molar-refractivity contribution in [2.75, 3.05) is 0 Å². The highest BCUT2D eigenvalue weighted by Gasteiger charge is 2.36. The molecule has 0 bridgehead atoms. The lowest BCUT2D eigenvalue weighted by Gasteiger charge is -2.45. The molecule has 1 saturated heterocycles. The van der Waals surface area contributed by atoms with Gasteiger partial charge in [-0.1, -0.05) is 46.0 Å². The average Bonchev–Trinajstić information content (AvgIpc) is 2.30. The van der Waals surface area contributed by atoms with E-state index in [4.69, 9.17) is 0 Å². The summed E-state index contributed by atoms with van der Waals surface area (Å²) in [4.78, 5) is 0. The monoisotopic (exact) mass is 223 g/mol. The summed E-state index contributed by atoms with van der Waals surface area (Å²) in [6.45, 7) is 4.66. The summed E-state index contributed by atoms with van der Waals surface area (Å²) in [5, 5.41) is 3.94. The fourth-order valence-electron chi connectivity index (χ4n) is 4.09. The molecule has 0 aromatic carbocycles. The highest BCUT2D eigenvalue weighted by molar-refractivity contribution is 4.92. The Morgan fingerprint density at radius 1 is 0.938 bits per heavy atom. The zero-order valence-corrected chi connectivity index (χ0v) is 11.2. The number of hydrogen-bond acceptors (Lipinski definition) is 1. The summed E-state index contributed by atoms with van der Waals surface area (Å²) in [6, 6.07) is 1.71. The van der Waals surface area contributed by atoms with Gasteiger partial charge >= 0.3 is 0 Å². The molecule has 1 nitrogen and oxygen atoms in total. The summed E-state index contributed by atoms with van der Waals surface area (Å²) in [5.41, 5.74) is 0. The number of fused-ring (bicyclic) bond motifs is 1. The Balaban J connectivity index is 1.89. The van der Waals surface area contributed by atoms with Crippen LogP contribution in [-0.2, 0) is 0 Å². The largest absolute Gasteiger partial charge is 0.311 e. The Kier molecular flexibility index (Phi) is 4.69. The molecule has 0 aromatic heterocycles. The lowest BCUT2D eigenvalue weighted by atomic mass is 9.69. The van der Waals surface area contributed by atoms with Gasteiger partial charge in [-0.2, -0.15) is 0 Å². The standard InChI is InChI=1S/C15H29N/c1-3-6-12-8-5-9-15-14(12)11-10-13(16-15)7-4-2/h12-16H,3-11H2,1-2H3. The second-order valence-corrected chi connectivity index (χ2v) is 5.98. The van der Waals surface area contributed by atoms with Gasteiger partial charge in [0.2, 0.25) is 0 Å². The Bertz CT molecular complexity index is 200. The van der Waals surface area contributed by atoms with E-state index in [1.54, 1.807) is 0 Å². The van der Waals surface area contributed by atoms with Crippen LogP contribution in [0.15, 0.2) is 0 Å². The molecular formula is C15H29N. The maximum atomic E-state index is 3.94. The molecule has 2 rings (SSSR count). The normalized spacial score (nSPS) is 39.4. The van der Waals surface area contributed by atoms with Crippen LogP contribution < -0.4 is 5.32 Å². The molecule has 1 aliphatic heterocycles. The lowest BCUT2D eigenvalue weighted by molar-refractivity contribution is 0.106. The second-order valence-electron chi connectivity index (χ2n) is 5.98. The van der Waals surface area contributed by atoms with E-state index in [2.05, 4.69) is 19.2 Å². The number of nitrogens with one attached hydrogen (secondary N) is 1. The predicted octanol–water partition coefficient (Wildman–Crippen LogP) is 4.12. The Morgan fingerprint density at radius 3 is 2.50 bits per heavy atom. The molecule has 0 spiro atoms. The fraction of sp³-hybridized carbons (Fsp3) is 1.00. The minimum absolute atomic E-state index is 0.839. The van der Waals surface area contributed by atoms with Gasteiger partial charge in [0.05, 0.1) is 0 Å². The van der Waals surface area contributed by atoms with Gasteiger partial charge in [0.1, 0.15) is 0 Å². The van der Waals surface area contributed by atoms with E-state index >= 15 is 0 Å². The Morgan fingerprint density at radius 2 is 1.75 bits per heavy atom. The van der Waals surface area contributed by atoms with Crippen molar-refractivity contribution in [3.63, 3.8) is 0 Å². The molecule has 0 amide bonds. The summed E-state index contributed by atoms with van der Waals surface area (Å²) < 4.78 is 0. The SMILES string of the molecule is CCCC1CCC2C(CCC)CCCC2N1. The summed E-state index contributed by atoms with van der Waals surface area (Å²) in [6.07, 6.45) is 13.0. The van der Waals surface area contributed by atoms with Gasteiger partial charge in [-0.05, 0) is 37.5 Å². The molecule has 16 heavy (non-hydrogen) atoms. The number of hydrogen-bond donors (Lipinski definition) is 1. The van der Waals surface area contributed by atoms with Gasteiger partial charge < -0.3 is 5.32 Å². The lowest BCUT2D eigenvalue weighted by Crippen LogP contribution is -2.51. The van der Waals surface area contributed by atoms with Gasteiger partial charge in [-0.15, -0.1) is 0 Å². The zero-order valence-electron chi connectivity index (χ0n) is 11.2. The molecule has 4 atom stereocenters. The van der Waals surface area contributed by atoms with Crippen molar-refractivity contribution in [2.45, 2.75) is 83.7 Å². The maximum absolute atomic E-state index is 3.94. The van der Waals surface area contributed by atoms with Crippen molar-refractivity contribution >= 4 is 0 Å². The van der Waals surface area contributed by atoms with Gasteiger partial charge in [-0.3, -0.25) is 0 Å². The first-order valence-electron chi connectivity index (χ1n) is 7.61. The van der Waals surface area contributed by atoms with Crippen LogP contribution in [0.2, 0.25) is 0 Å². The molecule has 0 radical (unpaired) electrons. The third-order valence-corrected chi connectivity index (χ3v) is 4.81. The Hall–Kier alpha value is -0.0400. The molecule has 2 fully saturated rings. The van der Waals surface area contributed by atoms with Crippen LogP contribution in [0.1, 0.15) is 71.6 Å². The van der Waals surface area contributed by atoms with Crippen LogP contribution in [0, 0.1) is 11.8 Å². The fourth-order valence-corrected chi connectivity index (χ4v) is 4.09. The summed E-state index contributed by atoms with van der Waals surface area (Å²) in [5.74, 6) is 2.06. The molecule has 1 saturated carbocycles. The predicted molar refractivity (Wildman–Crippen MR) is 70.6 cm³/mol. The minimum Gasteiger partial charge on any atom is -0.311 e. The van der Waals surface area contributed by atoms with Crippen LogP contribution in [0.4, 0.5) is 0 Å². The first-order valence-corrected chi connectivity index (χ1v) is 7.61. The van der Waals surface area contributed by atoms with E-state index in [0.717, 1.165) is 23.9 Å². The van der Waals surface area contributed by atoms with E-state index in [9.17, 15) is 0 Å². The quantitative estimate of drug-likeness (QED) is 0.756. The van der Waals surface area contributed by atoms with Crippen LogP contribution in [0.3, 0.4) is 0 Å². The van der Waals surface area contributed by atoms with Gasteiger partial charge in [-0.25, -0.2) is 0 Å². The Labute approximate surface area is 101 Å². The van der Waals surface area contributed by atoms with Crippen LogP contribution >= 0.6 is 0 Å². The summed E-state index contributed by atoms with van der Waals surface area (Å²) in [7, 11) is 0. The van der Waals surface area contributed by atoms with Crippen molar-refractivity contribution in [3.05, 3.63) is 0 Å². The van der Waals surface area contributed by atoms with E-state index in [-0.39, 0.29) is 0 Å². The van der Waals surface area contributed by atoms with E-state index in [1.807, 2.05) is 0 Å². The van der Waals surface area contributed by atoms with Crippen molar-refractivity contribution in [1.29, 1.82) is 0 Å². The van der Waals surface area contributed by atoms with Crippen molar-refractivity contribution in [1.82, 2.24) is 5.32 Å². The molecule has 1 N–H and O–H groups in total. The molecule has 94 valence electrons. The van der Waals surface area contributed by atoms with Crippen molar-refractivity contribution in [3.8, 4) is 0 Å². The zero-order chi connectivity index (χ0) is 11.4. The van der Waals surface area contributed by atoms with Crippen molar-refractivity contribution in [2.24, 2.45) is 11.8 Å². The second kappa shape index (κ2) is 6.05. The highest BCUT2D eigenvalue weighted by Crippen LogP contribution is 2.39. The van der Waals surface area contributed by atoms with Crippen LogP contribution in [0.25, 0.3) is 0 Å². The van der Waals surface area contributed by atoms with Gasteiger partial charge in [0.15, 0.2) is 0 Å². The smallest absolute Gasteiger partial charge is 0.0101 e. The molecule has 1 aliphatic carbocycles.